The Bertz CT molecular complexity index is 469. The molecule has 3 atom stereocenters. The van der Waals surface area contributed by atoms with Gasteiger partial charge in [-0.3, -0.25) is 0 Å². The van der Waals surface area contributed by atoms with Crippen molar-refractivity contribution in [2.24, 2.45) is 0 Å². The predicted molar refractivity (Wildman–Crippen MR) is 70.6 cm³/mol. The summed E-state index contributed by atoms with van der Waals surface area (Å²) in [5, 5.41) is 13.5. The molecule has 0 unspecified atom stereocenters. The number of aliphatic hydroxyl groups is 1. The molecule has 0 amide bonds. The van der Waals surface area contributed by atoms with Crippen LogP contribution in [-0.2, 0) is 16.7 Å². The zero-order valence-corrected chi connectivity index (χ0v) is 11.9. The minimum atomic E-state index is -4.44. The fraction of sp³-hybridized carbons (Fsp3) is 0.538. The lowest BCUT2D eigenvalue weighted by Gasteiger charge is -2.41. The van der Waals surface area contributed by atoms with E-state index in [4.69, 9.17) is 4.74 Å². The molecule has 1 fully saturated rings. The van der Waals surface area contributed by atoms with Gasteiger partial charge < -0.3 is 15.2 Å². The van der Waals surface area contributed by atoms with E-state index < -0.39 is 23.6 Å². The third-order valence-corrected chi connectivity index (χ3v) is 3.28. The number of benzene rings is 1. The molecule has 114 valence electrons. The van der Waals surface area contributed by atoms with Crippen molar-refractivity contribution in [3.8, 4) is 0 Å². The molecule has 0 spiro atoms. The van der Waals surface area contributed by atoms with E-state index in [-0.39, 0.29) is 30.6 Å². The molecule has 7 heteroatoms. The molecule has 0 bridgehead atoms. The van der Waals surface area contributed by atoms with Gasteiger partial charge in [-0.05, 0) is 26.0 Å². The number of nitrogens with one attached hydrogen (secondary N) is 1. The first-order valence-corrected chi connectivity index (χ1v) is 6.03. The highest BCUT2D eigenvalue weighted by molar-refractivity contribution is 5.85. The zero-order chi connectivity index (χ0) is 14.3. The Morgan fingerprint density at radius 2 is 2.00 bits per heavy atom. The van der Waals surface area contributed by atoms with Crippen LogP contribution in [0.4, 0.5) is 13.2 Å². The van der Waals surface area contributed by atoms with E-state index in [0.29, 0.717) is 0 Å². The van der Waals surface area contributed by atoms with Crippen molar-refractivity contribution in [1.82, 2.24) is 5.32 Å². The van der Waals surface area contributed by atoms with E-state index in [0.717, 1.165) is 12.1 Å². The molecule has 0 aliphatic carbocycles. The van der Waals surface area contributed by atoms with Crippen LogP contribution in [0.2, 0.25) is 0 Å². The Labute approximate surface area is 121 Å². The van der Waals surface area contributed by atoms with E-state index in [2.05, 4.69) is 5.32 Å². The monoisotopic (exact) mass is 311 g/mol. The van der Waals surface area contributed by atoms with Gasteiger partial charge in [0.2, 0.25) is 5.79 Å². The summed E-state index contributed by atoms with van der Waals surface area (Å²) in [6.45, 7) is 3.79. The Morgan fingerprint density at radius 1 is 1.35 bits per heavy atom. The lowest BCUT2D eigenvalue weighted by atomic mass is 9.95. The second kappa shape index (κ2) is 5.89. The van der Waals surface area contributed by atoms with Crippen LogP contribution in [0.3, 0.4) is 0 Å². The molecule has 1 aliphatic rings. The second-order valence-corrected chi connectivity index (χ2v) is 4.88. The summed E-state index contributed by atoms with van der Waals surface area (Å²) >= 11 is 0. The zero-order valence-electron chi connectivity index (χ0n) is 11.1. The van der Waals surface area contributed by atoms with Crippen molar-refractivity contribution in [2.75, 3.05) is 6.61 Å². The average molecular weight is 312 g/mol. The summed E-state index contributed by atoms with van der Waals surface area (Å²) in [5.41, 5.74) is -0.693. The van der Waals surface area contributed by atoms with Gasteiger partial charge in [0.25, 0.3) is 0 Å². The Balaban J connectivity index is 0.00000200. The molecule has 0 radical (unpaired) electrons. The van der Waals surface area contributed by atoms with Gasteiger partial charge in [0.05, 0.1) is 18.2 Å². The van der Waals surface area contributed by atoms with Crippen molar-refractivity contribution in [3.05, 3.63) is 35.4 Å². The molecule has 1 saturated heterocycles. The summed E-state index contributed by atoms with van der Waals surface area (Å²) in [6.07, 6.45) is -4.44. The van der Waals surface area contributed by atoms with Crippen molar-refractivity contribution >= 4 is 12.4 Å². The summed E-state index contributed by atoms with van der Waals surface area (Å²) in [5.74, 6) is -1.74. The molecule has 1 heterocycles. The third-order valence-electron chi connectivity index (χ3n) is 3.28. The van der Waals surface area contributed by atoms with Crippen LogP contribution in [-0.4, -0.2) is 23.8 Å². The molecule has 2 rings (SSSR count). The highest BCUT2D eigenvalue weighted by Crippen LogP contribution is 2.35. The maximum Gasteiger partial charge on any atom is 0.416 e. The van der Waals surface area contributed by atoms with E-state index in [1.54, 1.807) is 6.92 Å². The summed E-state index contributed by atoms with van der Waals surface area (Å²) in [7, 11) is 0. The van der Waals surface area contributed by atoms with Gasteiger partial charge >= 0.3 is 6.18 Å². The van der Waals surface area contributed by atoms with Gasteiger partial charge in [0.15, 0.2) is 0 Å². The molecule has 2 N–H and O–H groups in total. The maximum atomic E-state index is 12.7. The fourth-order valence-corrected chi connectivity index (χ4v) is 2.22. The topological polar surface area (TPSA) is 41.5 Å². The number of alkyl halides is 3. The summed E-state index contributed by atoms with van der Waals surface area (Å²) < 4.78 is 43.4. The van der Waals surface area contributed by atoms with Crippen molar-refractivity contribution in [1.29, 1.82) is 0 Å². The van der Waals surface area contributed by atoms with Crippen LogP contribution >= 0.6 is 12.4 Å². The molecule has 1 aromatic rings. The van der Waals surface area contributed by atoms with Gasteiger partial charge in [0.1, 0.15) is 0 Å². The molecular formula is C13H17ClF3NO2. The van der Waals surface area contributed by atoms with Gasteiger partial charge in [-0.25, -0.2) is 0 Å². The van der Waals surface area contributed by atoms with Gasteiger partial charge in [-0.15, -0.1) is 12.4 Å². The minimum Gasteiger partial charge on any atom is -0.361 e. The van der Waals surface area contributed by atoms with Crippen molar-refractivity contribution in [3.63, 3.8) is 0 Å². The standard InChI is InChI=1S/C13H16F3NO2.ClH/c1-8-7-19-12(18,9(2)17-8)10-4-3-5-11(6-10)13(14,15)16;/h3-6,8-9,17-18H,7H2,1-2H3;1H/t8-,9+,12-;/m0./s1. The minimum absolute atomic E-state index is 0. The number of hydrogen-bond acceptors (Lipinski definition) is 3. The second-order valence-electron chi connectivity index (χ2n) is 4.88. The molecule has 0 aromatic heterocycles. The summed E-state index contributed by atoms with van der Waals surface area (Å²) in [6, 6.07) is 4.14. The predicted octanol–water partition coefficient (Wildman–Crippen LogP) is 2.67. The average Bonchev–Trinajstić information content (AvgIpc) is 2.33. The SMILES string of the molecule is C[C@H]1CO[C@](O)(c2cccc(C(F)(F)F)c2)[C@@H](C)N1.Cl. The first-order chi connectivity index (χ1) is 8.73. The van der Waals surface area contributed by atoms with Gasteiger partial charge in [-0.1, -0.05) is 12.1 Å². The van der Waals surface area contributed by atoms with E-state index in [9.17, 15) is 18.3 Å². The number of rotatable bonds is 1. The van der Waals surface area contributed by atoms with Crippen LogP contribution < -0.4 is 5.32 Å². The van der Waals surface area contributed by atoms with E-state index in [1.165, 1.54) is 12.1 Å². The van der Waals surface area contributed by atoms with Crippen LogP contribution in [0.5, 0.6) is 0 Å². The smallest absolute Gasteiger partial charge is 0.361 e. The lowest BCUT2D eigenvalue weighted by Crippen LogP contribution is -2.58. The van der Waals surface area contributed by atoms with Gasteiger partial charge in [-0.2, -0.15) is 13.2 Å². The molecule has 1 aromatic carbocycles. The number of morpholine rings is 1. The first-order valence-electron chi connectivity index (χ1n) is 6.03. The molecule has 3 nitrogen and oxygen atoms in total. The van der Waals surface area contributed by atoms with Gasteiger partial charge in [0, 0.05) is 11.6 Å². The molecule has 0 saturated carbocycles. The quantitative estimate of drug-likeness (QED) is 0.838. The van der Waals surface area contributed by atoms with Crippen LogP contribution in [0.25, 0.3) is 0 Å². The van der Waals surface area contributed by atoms with Crippen LogP contribution in [0, 0.1) is 0 Å². The number of ether oxygens (including phenoxy) is 1. The highest BCUT2D eigenvalue weighted by atomic mass is 35.5. The fourth-order valence-electron chi connectivity index (χ4n) is 2.22. The Hall–Kier alpha value is -0.820. The third kappa shape index (κ3) is 3.25. The van der Waals surface area contributed by atoms with Crippen molar-refractivity contribution in [2.45, 2.75) is 37.9 Å². The highest BCUT2D eigenvalue weighted by Gasteiger charge is 2.42. The normalized spacial score (nSPS) is 30.7. The van der Waals surface area contributed by atoms with E-state index in [1.807, 2.05) is 6.92 Å². The molecule has 1 aliphatic heterocycles. The molecular weight excluding hydrogens is 295 g/mol. The van der Waals surface area contributed by atoms with E-state index >= 15 is 0 Å². The Kier molecular flexibility index (Phi) is 5.08. The van der Waals surface area contributed by atoms with Crippen molar-refractivity contribution < 1.29 is 23.0 Å². The van der Waals surface area contributed by atoms with Crippen LogP contribution in [0.1, 0.15) is 25.0 Å². The molecule has 20 heavy (non-hydrogen) atoms. The number of hydrogen-bond donors (Lipinski definition) is 2. The lowest BCUT2D eigenvalue weighted by molar-refractivity contribution is -0.253. The summed E-state index contributed by atoms with van der Waals surface area (Å²) in [4.78, 5) is 0. The van der Waals surface area contributed by atoms with Crippen LogP contribution in [0.15, 0.2) is 24.3 Å². The largest absolute Gasteiger partial charge is 0.416 e. The Morgan fingerprint density at radius 3 is 2.55 bits per heavy atom. The maximum absolute atomic E-state index is 12.7. The number of halogens is 4. The first kappa shape index (κ1) is 17.2.